The van der Waals surface area contributed by atoms with Crippen LogP contribution in [0.15, 0.2) is 53.8 Å². The summed E-state index contributed by atoms with van der Waals surface area (Å²) < 4.78 is 5.61. The maximum Gasteiger partial charge on any atom is 0.173 e. The summed E-state index contributed by atoms with van der Waals surface area (Å²) in [7, 11) is 0. The predicted octanol–water partition coefficient (Wildman–Crippen LogP) is 1.76. The van der Waals surface area contributed by atoms with E-state index < -0.39 is 0 Å². The monoisotopic (exact) mass is 243 g/mol. The molecule has 3 N–H and O–H groups in total. The zero-order chi connectivity index (χ0) is 12.8. The van der Waals surface area contributed by atoms with E-state index in [-0.39, 0.29) is 5.84 Å². The summed E-state index contributed by atoms with van der Waals surface area (Å²) in [4.78, 5) is 4.15. The molecule has 1 aromatic heterocycles. The summed E-state index contributed by atoms with van der Waals surface area (Å²) >= 11 is 0. The minimum absolute atomic E-state index is 0.0200. The Balaban J connectivity index is 2.15. The maximum absolute atomic E-state index is 8.69. The van der Waals surface area contributed by atoms with Gasteiger partial charge in [-0.3, -0.25) is 4.98 Å². The molecule has 1 heterocycles. The summed E-state index contributed by atoms with van der Waals surface area (Å²) in [5.41, 5.74) is 6.93. The average molecular weight is 243 g/mol. The van der Waals surface area contributed by atoms with Crippen molar-refractivity contribution in [1.29, 1.82) is 0 Å². The van der Waals surface area contributed by atoms with Crippen molar-refractivity contribution >= 4 is 5.84 Å². The third kappa shape index (κ3) is 2.76. The van der Waals surface area contributed by atoms with E-state index in [1.54, 1.807) is 24.4 Å². The number of pyridine rings is 1. The van der Waals surface area contributed by atoms with Crippen LogP contribution in [-0.4, -0.2) is 16.0 Å². The van der Waals surface area contributed by atoms with Gasteiger partial charge in [0.15, 0.2) is 5.84 Å². The van der Waals surface area contributed by atoms with Crippen molar-refractivity contribution in [1.82, 2.24) is 4.98 Å². The third-order valence-electron chi connectivity index (χ3n) is 2.37. The van der Waals surface area contributed by atoms with Crippen LogP contribution in [0, 0.1) is 0 Å². The molecule has 0 radical (unpaired) electrons. The molecular weight excluding hydrogens is 230 g/mol. The van der Waals surface area contributed by atoms with E-state index in [9.17, 15) is 0 Å². The van der Waals surface area contributed by atoms with Crippen LogP contribution in [0.4, 0.5) is 0 Å². The van der Waals surface area contributed by atoms with Gasteiger partial charge in [0.05, 0.1) is 11.3 Å². The van der Waals surface area contributed by atoms with Crippen LogP contribution in [0.3, 0.4) is 0 Å². The maximum atomic E-state index is 8.69. The van der Waals surface area contributed by atoms with Gasteiger partial charge >= 0.3 is 0 Å². The zero-order valence-corrected chi connectivity index (χ0v) is 9.65. The third-order valence-corrected chi connectivity index (χ3v) is 2.37. The molecular formula is C13H13N3O2. The molecule has 0 atom stereocenters. The Kier molecular flexibility index (Phi) is 3.76. The van der Waals surface area contributed by atoms with Crippen LogP contribution < -0.4 is 10.5 Å². The molecule has 0 saturated heterocycles. The van der Waals surface area contributed by atoms with Gasteiger partial charge in [-0.25, -0.2) is 0 Å². The summed E-state index contributed by atoms with van der Waals surface area (Å²) in [6.07, 6.45) is 1.70. The van der Waals surface area contributed by atoms with Crippen molar-refractivity contribution in [2.24, 2.45) is 10.9 Å². The van der Waals surface area contributed by atoms with E-state index in [0.717, 1.165) is 5.69 Å². The Morgan fingerprint density at radius 3 is 2.72 bits per heavy atom. The molecule has 0 unspecified atom stereocenters. The fraction of sp³-hybridized carbons (Fsp3) is 0.0769. The zero-order valence-electron chi connectivity index (χ0n) is 9.65. The molecule has 0 aliphatic rings. The van der Waals surface area contributed by atoms with Gasteiger partial charge in [0.1, 0.15) is 12.4 Å². The highest BCUT2D eigenvalue weighted by atomic mass is 16.5. The summed E-state index contributed by atoms with van der Waals surface area (Å²) in [5.74, 6) is 0.574. The Morgan fingerprint density at radius 2 is 2.00 bits per heavy atom. The second-order valence-corrected chi connectivity index (χ2v) is 3.59. The molecule has 18 heavy (non-hydrogen) atoms. The van der Waals surface area contributed by atoms with Crippen LogP contribution in [0.1, 0.15) is 11.3 Å². The average Bonchev–Trinajstić information content (AvgIpc) is 2.45. The van der Waals surface area contributed by atoms with E-state index in [1.807, 2.05) is 24.3 Å². The van der Waals surface area contributed by atoms with Crippen molar-refractivity contribution in [2.75, 3.05) is 0 Å². The number of hydrogen-bond donors (Lipinski definition) is 2. The van der Waals surface area contributed by atoms with Crippen molar-refractivity contribution in [3.63, 3.8) is 0 Å². The molecule has 0 bridgehead atoms. The van der Waals surface area contributed by atoms with Crippen molar-refractivity contribution in [3.05, 3.63) is 59.9 Å². The van der Waals surface area contributed by atoms with E-state index in [1.165, 1.54) is 0 Å². The van der Waals surface area contributed by atoms with Crippen LogP contribution in [0.2, 0.25) is 0 Å². The lowest BCUT2D eigenvalue weighted by atomic mass is 10.2. The summed E-state index contributed by atoms with van der Waals surface area (Å²) in [5, 5.41) is 11.7. The standard InChI is InChI=1S/C13H13N3O2/c14-13(16-17)11-6-1-2-7-12(11)18-9-10-5-3-4-8-15-10/h1-8,17H,9H2,(H2,14,16). The SMILES string of the molecule is N/C(=N\O)c1ccccc1OCc1ccccn1. The number of ether oxygens (including phenoxy) is 1. The number of benzene rings is 1. The van der Waals surface area contributed by atoms with E-state index in [2.05, 4.69) is 10.1 Å². The van der Waals surface area contributed by atoms with E-state index in [0.29, 0.717) is 17.9 Å². The number of amidine groups is 1. The van der Waals surface area contributed by atoms with Gasteiger partial charge in [0, 0.05) is 6.20 Å². The van der Waals surface area contributed by atoms with Gasteiger partial charge in [-0.1, -0.05) is 23.4 Å². The smallest absolute Gasteiger partial charge is 0.173 e. The predicted molar refractivity (Wildman–Crippen MR) is 67.5 cm³/mol. The molecule has 2 aromatic rings. The van der Waals surface area contributed by atoms with E-state index >= 15 is 0 Å². The quantitative estimate of drug-likeness (QED) is 0.371. The number of rotatable bonds is 4. The molecule has 5 nitrogen and oxygen atoms in total. The first-order valence-electron chi connectivity index (χ1n) is 5.41. The highest BCUT2D eigenvalue weighted by Crippen LogP contribution is 2.18. The minimum Gasteiger partial charge on any atom is -0.487 e. The van der Waals surface area contributed by atoms with Crippen LogP contribution in [0.25, 0.3) is 0 Å². The number of hydrogen-bond acceptors (Lipinski definition) is 4. The largest absolute Gasteiger partial charge is 0.487 e. The number of aromatic nitrogens is 1. The molecule has 0 spiro atoms. The van der Waals surface area contributed by atoms with Crippen LogP contribution in [-0.2, 0) is 6.61 Å². The highest BCUT2D eigenvalue weighted by Gasteiger charge is 2.07. The van der Waals surface area contributed by atoms with E-state index in [4.69, 9.17) is 15.7 Å². The molecule has 0 fully saturated rings. The fourth-order valence-corrected chi connectivity index (χ4v) is 1.49. The van der Waals surface area contributed by atoms with Gasteiger partial charge in [-0.15, -0.1) is 0 Å². The summed E-state index contributed by atoms with van der Waals surface area (Å²) in [6.45, 7) is 0.330. The number of nitrogens with two attached hydrogens (primary N) is 1. The molecule has 0 saturated carbocycles. The molecule has 5 heteroatoms. The molecule has 0 amide bonds. The second kappa shape index (κ2) is 5.67. The fourth-order valence-electron chi connectivity index (χ4n) is 1.49. The minimum atomic E-state index is 0.0200. The van der Waals surface area contributed by atoms with Gasteiger partial charge in [-0.2, -0.15) is 0 Å². The van der Waals surface area contributed by atoms with Crippen LogP contribution >= 0.6 is 0 Å². The molecule has 92 valence electrons. The second-order valence-electron chi connectivity index (χ2n) is 3.59. The lowest BCUT2D eigenvalue weighted by Gasteiger charge is -2.09. The first-order valence-corrected chi connectivity index (χ1v) is 5.41. The topological polar surface area (TPSA) is 80.7 Å². The lowest BCUT2D eigenvalue weighted by Crippen LogP contribution is -2.14. The van der Waals surface area contributed by atoms with Gasteiger partial charge in [-0.05, 0) is 24.3 Å². The Labute approximate surface area is 105 Å². The first-order chi connectivity index (χ1) is 8.81. The van der Waals surface area contributed by atoms with Gasteiger partial charge in [0.25, 0.3) is 0 Å². The Morgan fingerprint density at radius 1 is 1.22 bits per heavy atom. The molecule has 0 aliphatic heterocycles. The number of nitrogens with zero attached hydrogens (tertiary/aromatic N) is 2. The van der Waals surface area contributed by atoms with Crippen molar-refractivity contribution in [2.45, 2.75) is 6.61 Å². The first kappa shape index (κ1) is 11.9. The number of oxime groups is 1. The van der Waals surface area contributed by atoms with Crippen molar-refractivity contribution < 1.29 is 9.94 Å². The summed E-state index contributed by atoms with van der Waals surface area (Å²) in [6, 6.07) is 12.7. The van der Waals surface area contributed by atoms with Crippen LogP contribution in [0.5, 0.6) is 5.75 Å². The van der Waals surface area contributed by atoms with Crippen molar-refractivity contribution in [3.8, 4) is 5.75 Å². The highest BCUT2D eigenvalue weighted by molar-refractivity contribution is 5.99. The lowest BCUT2D eigenvalue weighted by molar-refractivity contribution is 0.299. The normalized spacial score (nSPS) is 11.2. The Bertz CT molecular complexity index is 541. The molecule has 1 aromatic carbocycles. The Hall–Kier alpha value is -2.56. The van der Waals surface area contributed by atoms with Gasteiger partial charge < -0.3 is 15.7 Å². The van der Waals surface area contributed by atoms with Gasteiger partial charge in [0.2, 0.25) is 0 Å². The molecule has 2 rings (SSSR count). The number of para-hydroxylation sites is 1. The molecule has 0 aliphatic carbocycles.